The Morgan fingerprint density at radius 3 is 2.79 bits per heavy atom. The van der Waals surface area contributed by atoms with E-state index in [2.05, 4.69) is 22.2 Å². The molecule has 3 rings (SSSR count). The van der Waals surface area contributed by atoms with Gasteiger partial charge in [-0.05, 0) is 39.3 Å². The third-order valence-corrected chi connectivity index (χ3v) is 4.53. The van der Waals surface area contributed by atoms with Crippen molar-refractivity contribution in [2.24, 2.45) is 0 Å². The Morgan fingerprint density at radius 2 is 2.08 bits per heavy atom. The van der Waals surface area contributed by atoms with Crippen molar-refractivity contribution in [3.63, 3.8) is 0 Å². The van der Waals surface area contributed by atoms with Crippen LogP contribution in [0.4, 0.5) is 14.5 Å². The summed E-state index contributed by atoms with van der Waals surface area (Å²) in [5, 5.41) is 3.57. The average Bonchev–Trinajstić information content (AvgIpc) is 2.95. The molecule has 1 N–H and O–H groups in total. The molecule has 0 unspecified atom stereocenters. The lowest BCUT2D eigenvalue weighted by molar-refractivity contribution is 0.477. The lowest BCUT2D eigenvalue weighted by atomic mass is 10.1. The molecule has 1 aromatic carbocycles. The van der Waals surface area contributed by atoms with Gasteiger partial charge in [-0.15, -0.1) is 0 Å². The second kappa shape index (κ2) is 6.81. The molecular formula is C18H22F2N4. The largest absolute Gasteiger partial charge is 0.368 e. The zero-order valence-electron chi connectivity index (χ0n) is 14.2. The Balaban J connectivity index is 1.65. The fourth-order valence-electron chi connectivity index (χ4n) is 3.31. The van der Waals surface area contributed by atoms with Gasteiger partial charge in [0.25, 0.3) is 0 Å². The highest BCUT2D eigenvalue weighted by molar-refractivity contribution is 5.49. The van der Waals surface area contributed by atoms with E-state index in [4.69, 9.17) is 0 Å². The SMILES string of the molecule is Cc1ncc([C@H](C)N[C@H]2CCN(c3ccc(F)cc3F)C2)c(C)n1. The van der Waals surface area contributed by atoms with E-state index in [-0.39, 0.29) is 12.1 Å². The van der Waals surface area contributed by atoms with Crippen molar-refractivity contribution in [2.75, 3.05) is 18.0 Å². The van der Waals surface area contributed by atoms with E-state index in [1.807, 2.05) is 24.9 Å². The van der Waals surface area contributed by atoms with Crippen molar-refractivity contribution in [3.8, 4) is 0 Å². The molecule has 2 atom stereocenters. The van der Waals surface area contributed by atoms with Gasteiger partial charge in [-0.2, -0.15) is 0 Å². The van der Waals surface area contributed by atoms with Gasteiger partial charge in [-0.1, -0.05) is 0 Å². The molecule has 0 amide bonds. The van der Waals surface area contributed by atoms with Crippen LogP contribution < -0.4 is 10.2 Å². The summed E-state index contributed by atoms with van der Waals surface area (Å²) >= 11 is 0. The number of anilines is 1. The Morgan fingerprint density at radius 1 is 1.29 bits per heavy atom. The fraction of sp³-hybridized carbons (Fsp3) is 0.444. The quantitative estimate of drug-likeness (QED) is 0.933. The van der Waals surface area contributed by atoms with Gasteiger partial charge < -0.3 is 10.2 Å². The molecule has 24 heavy (non-hydrogen) atoms. The number of hydrogen-bond donors (Lipinski definition) is 1. The summed E-state index contributed by atoms with van der Waals surface area (Å²) in [5.41, 5.74) is 2.51. The summed E-state index contributed by atoms with van der Waals surface area (Å²) in [4.78, 5) is 10.6. The van der Waals surface area contributed by atoms with Crippen LogP contribution in [0.15, 0.2) is 24.4 Å². The number of halogens is 2. The molecular weight excluding hydrogens is 310 g/mol. The Bertz CT molecular complexity index is 735. The first-order valence-corrected chi connectivity index (χ1v) is 8.20. The van der Waals surface area contributed by atoms with Crippen LogP contribution in [0.3, 0.4) is 0 Å². The van der Waals surface area contributed by atoms with Crippen LogP contribution in [0.25, 0.3) is 0 Å². The van der Waals surface area contributed by atoms with E-state index >= 15 is 0 Å². The summed E-state index contributed by atoms with van der Waals surface area (Å²) < 4.78 is 27.0. The van der Waals surface area contributed by atoms with Gasteiger partial charge in [0.15, 0.2) is 0 Å². The summed E-state index contributed by atoms with van der Waals surface area (Å²) in [6.45, 7) is 7.38. The zero-order valence-corrected chi connectivity index (χ0v) is 14.2. The third-order valence-electron chi connectivity index (χ3n) is 4.53. The van der Waals surface area contributed by atoms with Crippen molar-refractivity contribution in [1.82, 2.24) is 15.3 Å². The molecule has 4 nitrogen and oxygen atoms in total. The molecule has 0 radical (unpaired) electrons. The van der Waals surface area contributed by atoms with Crippen molar-refractivity contribution >= 4 is 5.69 Å². The summed E-state index contributed by atoms with van der Waals surface area (Å²) in [6, 6.07) is 4.10. The van der Waals surface area contributed by atoms with Crippen LogP contribution in [0.5, 0.6) is 0 Å². The molecule has 2 aromatic rings. The lowest BCUT2D eigenvalue weighted by Gasteiger charge is -2.22. The van der Waals surface area contributed by atoms with Crippen molar-refractivity contribution in [2.45, 2.75) is 39.3 Å². The minimum Gasteiger partial charge on any atom is -0.368 e. The number of rotatable bonds is 4. The molecule has 0 saturated carbocycles. The van der Waals surface area contributed by atoms with Crippen LogP contribution in [0.2, 0.25) is 0 Å². The van der Waals surface area contributed by atoms with Crippen molar-refractivity contribution < 1.29 is 8.78 Å². The zero-order chi connectivity index (χ0) is 17.3. The smallest absolute Gasteiger partial charge is 0.149 e. The van der Waals surface area contributed by atoms with Crippen LogP contribution >= 0.6 is 0 Å². The summed E-state index contributed by atoms with van der Waals surface area (Å²) in [6.07, 6.45) is 2.77. The topological polar surface area (TPSA) is 41.1 Å². The third kappa shape index (κ3) is 3.53. The Kier molecular flexibility index (Phi) is 4.76. The van der Waals surface area contributed by atoms with Crippen LogP contribution in [0.1, 0.15) is 36.5 Å². The minimum atomic E-state index is -0.548. The molecule has 1 aromatic heterocycles. The Labute approximate surface area is 140 Å². The van der Waals surface area contributed by atoms with Gasteiger partial charge >= 0.3 is 0 Å². The lowest BCUT2D eigenvalue weighted by Crippen LogP contribution is -2.35. The number of hydrogen-bond acceptors (Lipinski definition) is 4. The maximum Gasteiger partial charge on any atom is 0.149 e. The van der Waals surface area contributed by atoms with Crippen LogP contribution in [-0.2, 0) is 0 Å². The molecule has 1 saturated heterocycles. The van der Waals surface area contributed by atoms with Gasteiger partial charge in [0.05, 0.1) is 5.69 Å². The van der Waals surface area contributed by atoms with E-state index in [1.54, 1.807) is 0 Å². The summed E-state index contributed by atoms with van der Waals surface area (Å²) in [7, 11) is 0. The second-order valence-corrected chi connectivity index (χ2v) is 6.37. The molecule has 1 aliphatic heterocycles. The number of benzene rings is 1. The first-order chi connectivity index (χ1) is 11.4. The molecule has 6 heteroatoms. The minimum absolute atomic E-state index is 0.119. The van der Waals surface area contributed by atoms with Gasteiger partial charge in [0.1, 0.15) is 17.5 Å². The van der Waals surface area contributed by atoms with E-state index in [1.165, 1.54) is 12.1 Å². The Hall–Kier alpha value is -2.08. The van der Waals surface area contributed by atoms with Gasteiger partial charge in [-0.3, -0.25) is 0 Å². The van der Waals surface area contributed by atoms with E-state index < -0.39 is 11.6 Å². The van der Waals surface area contributed by atoms with E-state index in [0.29, 0.717) is 12.2 Å². The molecule has 1 fully saturated rings. The average molecular weight is 332 g/mol. The van der Waals surface area contributed by atoms with E-state index in [9.17, 15) is 8.78 Å². The van der Waals surface area contributed by atoms with E-state index in [0.717, 1.165) is 36.1 Å². The highest BCUT2D eigenvalue weighted by Gasteiger charge is 2.26. The first-order valence-electron chi connectivity index (χ1n) is 8.20. The van der Waals surface area contributed by atoms with Crippen molar-refractivity contribution in [3.05, 3.63) is 53.1 Å². The molecule has 0 aliphatic carbocycles. The maximum atomic E-state index is 13.9. The maximum absolute atomic E-state index is 13.9. The van der Waals surface area contributed by atoms with Gasteiger partial charge in [0, 0.05) is 48.7 Å². The molecule has 128 valence electrons. The molecule has 0 spiro atoms. The number of nitrogens with zero attached hydrogens (tertiary/aromatic N) is 3. The molecule has 0 bridgehead atoms. The number of aromatic nitrogens is 2. The molecule has 1 aliphatic rings. The number of nitrogens with one attached hydrogen (secondary N) is 1. The summed E-state index contributed by atoms with van der Waals surface area (Å²) in [5.74, 6) is -0.289. The highest BCUT2D eigenvalue weighted by atomic mass is 19.1. The van der Waals surface area contributed by atoms with Gasteiger partial charge in [-0.25, -0.2) is 18.7 Å². The normalized spacial score (nSPS) is 18.9. The first kappa shape index (κ1) is 16.8. The molecule has 2 heterocycles. The van der Waals surface area contributed by atoms with Crippen LogP contribution in [0, 0.1) is 25.5 Å². The monoisotopic (exact) mass is 332 g/mol. The predicted octanol–water partition coefficient (Wildman–Crippen LogP) is 3.30. The number of aryl methyl sites for hydroxylation is 2. The van der Waals surface area contributed by atoms with Crippen molar-refractivity contribution in [1.29, 1.82) is 0 Å². The predicted molar refractivity (Wildman–Crippen MR) is 90.0 cm³/mol. The fourth-order valence-corrected chi connectivity index (χ4v) is 3.31. The van der Waals surface area contributed by atoms with Gasteiger partial charge in [0.2, 0.25) is 0 Å². The standard InChI is InChI=1S/C18H22F2N4/c1-11-16(9-21-13(3)22-11)12(2)23-15-6-7-24(10-15)18-5-4-14(19)8-17(18)20/h4-5,8-9,12,15,23H,6-7,10H2,1-3H3/t12-,15-/m0/s1. The van der Waals surface area contributed by atoms with Crippen LogP contribution in [-0.4, -0.2) is 29.1 Å². The second-order valence-electron chi connectivity index (χ2n) is 6.37. The highest BCUT2D eigenvalue weighted by Crippen LogP contribution is 2.25.